The molecule has 0 bridgehead atoms. The van der Waals surface area contributed by atoms with Crippen LogP contribution in [0.25, 0.3) is 0 Å². The standard InChI is InChI=1S/C22H26FN3O4S/c1-3-26(4-2)31(29,30)18-11-9-17(10-12-18)21(27)24-13-15-25(16-14-24)22(28)19-7-5-6-8-20(19)23/h5-12H,3-4,13-16H2,1-2H3. The van der Waals surface area contributed by atoms with Crippen LogP contribution in [-0.2, 0) is 10.0 Å². The first-order valence-corrected chi connectivity index (χ1v) is 11.7. The first-order valence-electron chi connectivity index (χ1n) is 10.2. The molecule has 1 saturated heterocycles. The summed E-state index contributed by atoms with van der Waals surface area (Å²) in [4.78, 5) is 28.6. The smallest absolute Gasteiger partial charge is 0.256 e. The Morgan fingerprint density at radius 1 is 0.871 bits per heavy atom. The SMILES string of the molecule is CCN(CC)S(=O)(=O)c1ccc(C(=O)N2CCN(C(=O)c3ccccc3F)CC2)cc1. The van der Waals surface area contributed by atoms with Crippen LogP contribution in [0.1, 0.15) is 34.6 Å². The van der Waals surface area contributed by atoms with E-state index in [0.717, 1.165) is 0 Å². The van der Waals surface area contributed by atoms with Crippen LogP contribution >= 0.6 is 0 Å². The summed E-state index contributed by atoms with van der Waals surface area (Å²) < 4.78 is 40.4. The van der Waals surface area contributed by atoms with Gasteiger partial charge in [-0.15, -0.1) is 0 Å². The van der Waals surface area contributed by atoms with Gasteiger partial charge in [0, 0.05) is 44.8 Å². The molecule has 0 unspecified atom stereocenters. The van der Waals surface area contributed by atoms with Crippen molar-refractivity contribution < 1.29 is 22.4 Å². The van der Waals surface area contributed by atoms with Crippen molar-refractivity contribution in [2.75, 3.05) is 39.3 Å². The molecule has 1 aliphatic heterocycles. The van der Waals surface area contributed by atoms with Crippen LogP contribution in [0.4, 0.5) is 4.39 Å². The van der Waals surface area contributed by atoms with Gasteiger partial charge in [0.1, 0.15) is 5.82 Å². The van der Waals surface area contributed by atoms with Gasteiger partial charge < -0.3 is 9.80 Å². The zero-order valence-electron chi connectivity index (χ0n) is 17.6. The number of piperazine rings is 1. The summed E-state index contributed by atoms with van der Waals surface area (Å²) in [7, 11) is -3.58. The molecule has 1 aliphatic rings. The van der Waals surface area contributed by atoms with Crippen LogP contribution in [0.5, 0.6) is 0 Å². The largest absolute Gasteiger partial charge is 0.335 e. The molecule has 9 heteroatoms. The van der Waals surface area contributed by atoms with Crippen molar-refractivity contribution in [3.63, 3.8) is 0 Å². The average molecular weight is 448 g/mol. The van der Waals surface area contributed by atoms with Gasteiger partial charge in [-0.3, -0.25) is 9.59 Å². The van der Waals surface area contributed by atoms with Crippen LogP contribution in [-0.4, -0.2) is 73.6 Å². The second-order valence-electron chi connectivity index (χ2n) is 7.18. The lowest BCUT2D eigenvalue weighted by Gasteiger charge is -2.35. The van der Waals surface area contributed by atoms with Gasteiger partial charge >= 0.3 is 0 Å². The molecule has 2 aromatic rings. The molecular weight excluding hydrogens is 421 g/mol. The van der Waals surface area contributed by atoms with Crippen molar-refractivity contribution in [3.05, 3.63) is 65.5 Å². The maximum Gasteiger partial charge on any atom is 0.256 e. The minimum Gasteiger partial charge on any atom is -0.335 e. The van der Waals surface area contributed by atoms with Gasteiger partial charge in [-0.05, 0) is 36.4 Å². The van der Waals surface area contributed by atoms with E-state index in [1.54, 1.807) is 24.8 Å². The van der Waals surface area contributed by atoms with Gasteiger partial charge in [0.15, 0.2) is 0 Å². The number of hydrogen-bond donors (Lipinski definition) is 0. The summed E-state index contributed by atoms with van der Waals surface area (Å²) in [6, 6.07) is 11.7. The summed E-state index contributed by atoms with van der Waals surface area (Å²) >= 11 is 0. The highest BCUT2D eigenvalue weighted by molar-refractivity contribution is 7.89. The van der Waals surface area contributed by atoms with Crippen LogP contribution in [0, 0.1) is 5.82 Å². The molecule has 0 N–H and O–H groups in total. The van der Waals surface area contributed by atoms with Crippen molar-refractivity contribution in [3.8, 4) is 0 Å². The first-order chi connectivity index (χ1) is 14.8. The summed E-state index contributed by atoms with van der Waals surface area (Å²) in [5.74, 6) is -1.19. The van der Waals surface area contributed by atoms with E-state index in [4.69, 9.17) is 0 Å². The lowest BCUT2D eigenvalue weighted by atomic mass is 10.1. The minimum absolute atomic E-state index is 0.0206. The molecule has 2 aromatic carbocycles. The Morgan fingerprint density at radius 2 is 1.39 bits per heavy atom. The normalized spacial score (nSPS) is 14.7. The molecule has 0 radical (unpaired) electrons. The number of carbonyl (C=O) groups is 2. The predicted molar refractivity (Wildman–Crippen MR) is 115 cm³/mol. The molecule has 3 rings (SSSR count). The maximum atomic E-state index is 13.9. The van der Waals surface area contributed by atoms with E-state index in [0.29, 0.717) is 44.8 Å². The predicted octanol–water partition coefficient (Wildman–Crippen LogP) is 2.45. The Labute approximate surface area is 182 Å². The quantitative estimate of drug-likeness (QED) is 0.682. The Bertz CT molecular complexity index is 1040. The van der Waals surface area contributed by atoms with Gasteiger partial charge in [-0.2, -0.15) is 4.31 Å². The molecule has 0 aromatic heterocycles. The Kier molecular flexibility index (Phi) is 7.07. The van der Waals surface area contributed by atoms with Gasteiger partial charge in [0.25, 0.3) is 11.8 Å². The highest BCUT2D eigenvalue weighted by atomic mass is 32.2. The van der Waals surface area contributed by atoms with Gasteiger partial charge in [-0.25, -0.2) is 12.8 Å². The molecule has 1 heterocycles. The van der Waals surface area contributed by atoms with Crippen LogP contribution < -0.4 is 0 Å². The maximum absolute atomic E-state index is 13.9. The number of halogens is 1. The number of benzene rings is 2. The van der Waals surface area contributed by atoms with E-state index in [-0.39, 0.29) is 16.4 Å². The van der Waals surface area contributed by atoms with Gasteiger partial charge in [0.05, 0.1) is 10.5 Å². The second-order valence-corrected chi connectivity index (χ2v) is 9.12. The van der Waals surface area contributed by atoms with Gasteiger partial charge in [0.2, 0.25) is 10.0 Å². The Balaban J connectivity index is 1.65. The Morgan fingerprint density at radius 3 is 1.90 bits per heavy atom. The van der Waals surface area contributed by atoms with Crippen LogP contribution in [0.15, 0.2) is 53.4 Å². The minimum atomic E-state index is -3.58. The number of carbonyl (C=O) groups excluding carboxylic acids is 2. The monoisotopic (exact) mass is 447 g/mol. The summed E-state index contributed by atoms with van der Waals surface area (Å²) in [5, 5.41) is 0. The third-order valence-electron chi connectivity index (χ3n) is 5.40. The molecule has 0 atom stereocenters. The van der Waals surface area contributed by atoms with Crippen LogP contribution in [0.2, 0.25) is 0 Å². The molecule has 166 valence electrons. The molecule has 31 heavy (non-hydrogen) atoms. The lowest BCUT2D eigenvalue weighted by molar-refractivity contribution is 0.0533. The van der Waals surface area contributed by atoms with Crippen molar-refractivity contribution in [2.45, 2.75) is 18.7 Å². The lowest BCUT2D eigenvalue weighted by Crippen LogP contribution is -2.50. The fraction of sp³-hybridized carbons (Fsp3) is 0.364. The zero-order valence-corrected chi connectivity index (χ0v) is 18.4. The average Bonchev–Trinajstić information content (AvgIpc) is 2.79. The van der Waals surface area contributed by atoms with E-state index < -0.39 is 21.7 Å². The zero-order chi connectivity index (χ0) is 22.6. The highest BCUT2D eigenvalue weighted by Gasteiger charge is 2.27. The molecule has 2 amide bonds. The first kappa shape index (κ1) is 22.9. The number of amides is 2. The van der Waals surface area contributed by atoms with E-state index >= 15 is 0 Å². The molecule has 7 nitrogen and oxygen atoms in total. The fourth-order valence-corrected chi connectivity index (χ4v) is 5.04. The molecule has 1 fully saturated rings. The molecule has 0 aliphatic carbocycles. The van der Waals surface area contributed by atoms with E-state index in [9.17, 15) is 22.4 Å². The second kappa shape index (κ2) is 9.57. The molecule has 0 saturated carbocycles. The van der Waals surface area contributed by atoms with E-state index in [1.807, 2.05) is 0 Å². The van der Waals surface area contributed by atoms with Crippen LogP contribution in [0.3, 0.4) is 0 Å². The van der Waals surface area contributed by atoms with Crippen molar-refractivity contribution in [2.24, 2.45) is 0 Å². The van der Waals surface area contributed by atoms with E-state index in [1.165, 1.54) is 51.7 Å². The number of hydrogen-bond acceptors (Lipinski definition) is 4. The number of sulfonamides is 1. The molecular formula is C22H26FN3O4S. The highest BCUT2D eigenvalue weighted by Crippen LogP contribution is 2.18. The number of nitrogens with zero attached hydrogens (tertiary/aromatic N) is 3. The third-order valence-corrected chi connectivity index (χ3v) is 7.47. The van der Waals surface area contributed by atoms with Crippen molar-refractivity contribution in [1.29, 1.82) is 0 Å². The molecule has 0 spiro atoms. The summed E-state index contributed by atoms with van der Waals surface area (Å²) in [6.45, 7) is 5.52. The summed E-state index contributed by atoms with van der Waals surface area (Å²) in [5.41, 5.74) is 0.402. The fourth-order valence-electron chi connectivity index (χ4n) is 3.58. The third kappa shape index (κ3) is 4.77. The summed E-state index contributed by atoms with van der Waals surface area (Å²) in [6.07, 6.45) is 0. The number of rotatable bonds is 6. The van der Waals surface area contributed by atoms with Crippen molar-refractivity contribution >= 4 is 21.8 Å². The van der Waals surface area contributed by atoms with Crippen molar-refractivity contribution in [1.82, 2.24) is 14.1 Å². The Hall–Kier alpha value is -2.78. The van der Waals surface area contributed by atoms with Gasteiger partial charge in [-0.1, -0.05) is 26.0 Å². The van der Waals surface area contributed by atoms with E-state index in [2.05, 4.69) is 0 Å². The topological polar surface area (TPSA) is 78.0 Å².